The van der Waals surface area contributed by atoms with Gasteiger partial charge >= 0.3 is 5.97 Å². The van der Waals surface area contributed by atoms with Gasteiger partial charge in [0, 0.05) is 11.4 Å². The van der Waals surface area contributed by atoms with E-state index in [0.29, 0.717) is 5.25 Å². The molecule has 1 heterocycles. The van der Waals surface area contributed by atoms with Gasteiger partial charge in [0.05, 0.1) is 10.4 Å². The fourth-order valence-corrected chi connectivity index (χ4v) is 3.66. The molecule has 1 aliphatic rings. The van der Waals surface area contributed by atoms with E-state index in [4.69, 9.17) is 0 Å². The first-order chi connectivity index (χ1) is 8.10. The summed E-state index contributed by atoms with van der Waals surface area (Å²) in [5.74, 6) is -0.663. The highest BCUT2D eigenvalue weighted by Gasteiger charge is 2.38. The molecule has 1 N–H and O–H groups in total. The summed E-state index contributed by atoms with van der Waals surface area (Å²) in [6.07, 6.45) is 5.39. The molecule has 1 aromatic heterocycles. The van der Waals surface area contributed by atoms with E-state index in [-0.39, 0.29) is 0 Å². The summed E-state index contributed by atoms with van der Waals surface area (Å²) in [6.45, 7) is 1.86. The Morgan fingerprint density at radius 2 is 2.41 bits per heavy atom. The van der Waals surface area contributed by atoms with Crippen LogP contribution in [-0.2, 0) is 4.79 Å². The molecule has 0 amide bonds. The molecule has 17 heavy (non-hydrogen) atoms. The number of carbonyl (C=O) groups is 1. The van der Waals surface area contributed by atoms with E-state index < -0.39 is 11.4 Å². The third kappa shape index (κ3) is 3.00. The summed E-state index contributed by atoms with van der Waals surface area (Å²) in [6, 6.07) is 5.85. The number of carboxylic acid groups (broad SMARTS) is 1. The van der Waals surface area contributed by atoms with Gasteiger partial charge in [0.2, 0.25) is 0 Å². The number of pyridine rings is 1. The third-order valence-corrected chi connectivity index (χ3v) is 4.59. The van der Waals surface area contributed by atoms with Crippen molar-refractivity contribution in [3.05, 3.63) is 24.4 Å². The van der Waals surface area contributed by atoms with Crippen molar-refractivity contribution in [2.45, 2.75) is 42.9 Å². The van der Waals surface area contributed by atoms with Gasteiger partial charge in [-0.25, -0.2) is 4.98 Å². The quantitative estimate of drug-likeness (QED) is 0.896. The third-order valence-electron chi connectivity index (χ3n) is 3.37. The van der Waals surface area contributed by atoms with Crippen molar-refractivity contribution < 1.29 is 9.90 Å². The van der Waals surface area contributed by atoms with Gasteiger partial charge in [-0.3, -0.25) is 4.79 Å². The van der Waals surface area contributed by atoms with Crippen molar-refractivity contribution in [2.24, 2.45) is 5.41 Å². The molecule has 3 nitrogen and oxygen atoms in total. The van der Waals surface area contributed by atoms with E-state index in [1.807, 2.05) is 25.1 Å². The summed E-state index contributed by atoms with van der Waals surface area (Å²) in [7, 11) is 0. The van der Waals surface area contributed by atoms with Gasteiger partial charge in [-0.05, 0) is 38.3 Å². The maximum atomic E-state index is 11.2. The Labute approximate surface area is 106 Å². The van der Waals surface area contributed by atoms with Crippen LogP contribution in [-0.4, -0.2) is 21.3 Å². The summed E-state index contributed by atoms with van der Waals surface area (Å²) in [5.41, 5.74) is -0.551. The van der Waals surface area contributed by atoms with Gasteiger partial charge in [-0.1, -0.05) is 12.5 Å². The smallest absolute Gasteiger partial charge is 0.309 e. The summed E-state index contributed by atoms with van der Waals surface area (Å²) in [4.78, 5) is 15.5. The zero-order valence-electron chi connectivity index (χ0n) is 9.93. The molecular weight excluding hydrogens is 234 g/mol. The van der Waals surface area contributed by atoms with Gasteiger partial charge in [-0.2, -0.15) is 0 Å². The predicted octanol–water partition coefficient (Wildman–Crippen LogP) is 3.21. The SMILES string of the molecule is C[C@@]1(C(=O)O)CCC[C@@H](Sc2ccccn2)C1. The van der Waals surface area contributed by atoms with Crippen LogP contribution in [0.25, 0.3) is 0 Å². The second-order valence-electron chi connectivity index (χ2n) is 4.87. The molecule has 0 aromatic carbocycles. The van der Waals surface area contributed by atoms with Gasteiger partial charge in [0.15, 0.2) is 0 Å². The van der Waals surface area contributed by atoms with Crippen molar-refractivity contribution in [3.63, 3.8) is 0 Å². The van der Waals surface area contributed by atoms with Crippen LogP contribution < -0.4 is 0 Å². The summed E-state index contributed by atoms with van der Waals surface area (Å²) in [5, 5.41) is 10.6. The molecule has 1 fully saturated rings. The summed E-state index contributed by atoms with van der Waals surface area (Å²) < 4.78 is 0. The second-order valence-corrected chi connectivity index (χ2v) is 6.19. The van der Waals surface area contributed by atoms with Crippen molar-refractivity contribution in [2.75, 3.05) is 0 Å². The lowest BCUT2D eigenvalue weighted by atomic mass is 9.75. The minimum absolute atomic E-state index is 0.375. The first kappa shape index (κ1) is 12.4. The van der Waals surface area contributed by atoms with E-state index >= 15 is 0 Å². The topological polar surface area (TPSA) is 50.2 Å². The molecule has 0 radical (unpaired) electrons. The van der Waals surface area contributed by atoms with Gasteiger partial charge in [-0.15, -0.1) is 11.8 Å². The Hall–Kier alpha value is -1.03. The van der Waals surface area contributed by atoms with Crippen LogP contribution in [0.5, 0.6) is 0 Å². The highest BCUT2D eigenvalue weighted by atomic mass is 32.2. The number of thioether (sulfide) groups is 1. The van der Waals surface area contributed by atoms with Crippen LogP contribution in [0.3, 0.4) is 0 Å². The largest absolute Gasteiger partial charge is 0.481 e. The van der Waals surface area contributed by atoms with Crippen LogP contribution in [0.4, 0.5) is 0 Å². The Kier molecular flexibility index (Phi) is 3.72. The van der Waals surface area contributed by atoms with Crippen LogP contribution in [0.15, 0.2) is 29.4 Å². The molecule has 2 atom stereocenters. The Balaban J connectivity index is 2.01. The van der Waals surface area contributed by atoms with Crippen molar-refractivity contribution in [1.82, 2.24) is 4.98 Å². The highest BCUT2D eigenvalue weighted by Crippen LogP contribution is 2.42. The number of rotatable bonds is 3. The standard InChI is InChI=1S/C13H17NO2S/c1-13(12(15)16)7-4-5-10(9-13)17-11-6-2-3-8-14-11/h2-3,6,8,10H,4-5,7,9H2,1H3,(H,15,16)/t10-,13-/m1/s1. The normalized spacial score (nSPS) is 28.9. The fourth-order valence-electron chi connectivity index (χ4n) is 2.31. The van der Waals surface area contributed by atoms with Crippen LogP contribution in [0.1, 0.15) is 32.6 Å². The highest BCUT2D eigenvalue weighted by molar-refractivity contribution is 7.99. The average molecular weight is 251 g/mol. The monoisotopic (exact) mass is 251 g/mol. The maximum Gasteiger partial charge on any atom is 0.309 e. The zero-order chi connectivity index (χ0) is 12.3. The molecule has 0 saturated heterocycles. The number of hydrogen-bond acceptors (Lipinski definition) is 3. The molecule has 0 unspecified atom stereocenters. The molecule has 4 heteroatoms. The molecule has 1 aliphatic carbocycles. The number of aromatic nitrogens is 1. The Morgan fingerprint density at radius 1 is 1.59 bits per heavy atom. The maximum absolute atomic E-state index is 11.2. The lowest BCUT2D eigenvalue weighted by Crippen LogP contribution is -2.34. The van der Waals surface area contributed by atoms with E-state index in [1.54, 1.807) is 18.0 Å². The molecule has 1 aromatic rings. The van der Waals surface area contributed by atoms with Crippen LogP contribution in [0, 0.1) is 5.41 Å². The molecule has 92 valence electrons. The predicted molar refractivity (Wildman–Crippen MR) is 68.1 cm³/mol. The number of aliphatic carboxylic acids is 1. The van der Waals surface area contributed by atoms with Gasteiger partial charge in [0.1, 0.15) is 0 Å². The van der Waals surface area contributed by atoms with Crippen LogP contribution >= 0.6 is 11.8 Å². The molecule has 0 spiro atoms. The first-order valence-corrected chi connectivity index (χ1v) is 6.79. The van der Waals surface area contributed by atoms with E-state index in [9.17, 15) is 9.90 Å². The van der Waals surface area contributed by atoms with Crippen molar-refractivity contribution in [3.8, 4) is 0 Å². The lowest BCUT2D eigenvalue weighted by Gasteiger charge is -2.34. The van der Waals surface area contributed by atoms with E-state index in [1.165, 1.54) is 0 Å². The molecule has 0 aliphatic heterocycles. The van der Waals surface area contributed by atoms with Gasteiger partial charge < -0.3 is 5.11 Å². The molecule has 0 bridgehead atoms. The van der Waals surface area contributed by atoms with Crippen molar-refractivity contribution >= 4 is 17.7 Å². The second kappa shape index (κ2) is 5.08. The lowest BCUT2D eigenvalue weighted by molar-refractivity contribution is -0.149. The van der Waals surface area contributed by atoms with E-state index in [0.717, 1.165) is 30.7 Å². The zero-order valence-corrected chi connectivity index (χ0v) is 10.7. The van der Waals surface area contributed by atoms with Gasteiger partial charge in [0.25, 0.3) is 0 Å². The summed E-state index contributed by atoms with van der Waals surface area (Å²) >= 11 is 1.71. The fraction of sp³-hybridized carbons (Fsp3) is 0.538. The average Bonchev–Trinajstić information content (AvgIpc) is 2.30. The minimum atomic E-state index is -0.663. The number of hydrogen-bond donors (Lipinski definition) is 1. The van der Waals surface area contributed by atoms with Crippen LogP contribution in [0.2, 0.25) is 0 Å². The molecule has 1 saturated carbocycles. The Morgan fingerprint density at radius 3 is 3.06 bits per heavy atom. The number of nitrogens with zero attached hydrogens (tertiary/aromatic N) is 1. The van der Waals surface area contributed by atoms with Crippen molar-refractivity contribution in [1.29, 1.82) is 0 Å². The first-order valence-electron chi connectivity index (χ1n) is 5.91. The Bertz CT molecular complexity index is 396. The minimum Gasteiger partial charge on any atom is -0.481 e. The van der Waals surface area contributed by atoms with E-state index in [2.05, 4.69) is 4.98 Å². The molecule has 2 rings (SSSR count). The number of carboxylic acids is 1. The molecular formula is C13H17NO2S.